The van der Waals surface area contributed by atoms with Crippen LogP contribution in [0.25, 0.3) is 72.4 Å². The number of para-hydroxylation sites is 1. The first-order chi connectivity index (χ1) is 26.6. The van der Waals surface area contributed by atoms with Gasteiger partial charge < -0.3 is 9.67 Å². The summed E-state index contributed by atoms with van der Waals surface area (Å²) < 4.78 is 2.24. The Morgan fingerprint density at radius 2 is 1.23 bits per heavy atom. The molecular formula is C52H50N3OPt-. The summed E-state index contributed by atoms with van der Waals surface area (Å²) in [6.07, 6.45) is 1.86. The summed E-state index contributed by atoms with van der Waals surface area (Å²) in [5.41, 5.74) is 13.5. The first-order valence-corrected chi connectivity index (χ1v) is 19.6. The van der Waals surface area contributed by atoms with E-state index in [2.05, 4.69) is 188 Å². The van der Waals surface area contributed by atoms with Gasteiger partial charge in [0.15, 0.2) is 0 Å². The summed E-state index contributed by atoms with van der Waals surface area (Å²) in [6.45, 7) is 19.9. The van der Waals surface area contributed by atoms with Gasteiger partial charge in [-0.2, -0.15) is 0 Å². The van der Waals surface area contributed by atoms with Gasteiger partial charge in [-0.15, -0.1) is 29.8 Å². The number of rotatable bonds is 5. The fourth-order valence-corrected chi connectivity index (χ4v) is 7.67. The van der Waals surface area contributed by atoms with E-state index < -0.39 is 0 Å². The third kappa shape index (κ3) is 7.61. The van der Waals surface area contributed by atoms with E-state index in [4.69, 9.17) is 9.97 Å². The zero-order chi connectivity index (χ0) is 39.6. The average molecular weight is 928 g/mol. The van der Waals surface area contributed by atoms with Crippen LogP contribution >= 0.6 is 0 Å². The molecule has 8 aromatic rings. The number of benzene rings is 6. The Labute approximate surface area is 352 Å². The smallest absolute Gasteiger partial charge is 0.127 e. The summed E-state index contributed by atoms with van der Waals surface area (Å²) in [5.74, 6) is 1.08. The molecule has 0 amide bonds. The predicted octanol–water partition coefficient (Wildman–Crippen LogP) is 13.6. The van der Waals surface area contributed by atoms with Gasteiger partial charge in [0.25, 0.3) is 0 Å². The molecule has 0 aliphatic heterocycles. The molecule has 4 nitrogen and oxygen atoms in total. The van der Waals surface area contributed by atoms with E-state index in [0.29, 0.717) is 5.75 Å². The Morgan fingerprint density at radius 3 is 1.91 bits per heavy atom. The minimum absolute atomic E-state index is 0. The second-order valence-electron chi connectivity index (χ2n) is 18.1. The number of hydrogen-bond donors (Lipinski definition) is 1. The van der Waals surface area contributed by atoms with Crippen LogP contribution in [0.2, 0.25) is 0 Å². The Balaban J connectivity index is 0.00000496. The molecule has 1 N–H and O–H groups in total. The van der Waals surface area contributed by atoms with Crippen molar-refractivity contribution in [2.24, 2.45) is 0 Å². The maximum absolute atomic E-state index is 12.1. The quantitative estimate of drug-likeness (QED) is 0.175. The predicted molar refractivity (Wildman–Crippen MR) is 235 cm³/mol. The van der Waals surface area contributed by atoms with E-state index in [0.717, 1.165) is 78.0 Å². The first-order valence-electron chi connectivity index (χ1n) is 19.6. The molecule has 0 saturated heterocycles. The Hall–Kier alpha value is -5.31. The number of nitrogens with zero attached hydrogens (tertiary/aromatic N) is 3. The van der Waals surface area contributed by atoms with Crippen molar-refractivity contribution in [2.75, 3.05) is 0 Å². The molecule has 5 heteroatoms. The van der Waals surface area contributed by atoms with E-state index in [1.807, 2.05) is 18.3 Å². The van der Waals surface area contributed by atoms with Gasteiger partial charge >= 0.3 is 0 Å². The zero-order valence-electron chi connectivity index (χ0n) is 34.3. The van der Waals surface area contributed by atoms with Crippen molar-refractivity contribution < 1.29 is 26.2 Å². The van der Waals surface area contributed by atoms with Crippen molar-refractivity contribution in [3.63, 3.8) is 0 Å². The van der Waals surface area contributed by atoms with E-state index in [1.165, 1.54) is 11.1 Å². The number of phenols is 1. The van der Waals surface area contributed by atoms with Crippen LogP contribution in [-0.4, -0.2) is 19.6 Å². The Bertz CT molecular complexity index is 2740. The molecule has 0 atom stereocenters. The van der Waals surface area contributed by atoms with Crippen LogP contribution in [0.1, 0.15) is 79.0 Å². The van der Waals surface area contributed by atoms with Crippen LogP contribution in [0.4, 0.5) is 0 Å². The van der Waals surface area contributed by atoms with Gasteiger partial charge in [0.2, 0.25) is 0 Å². The van der Waals surface area contributed by atoms with E-state index in [9.17, 15) is 5.11 Å². The molecule has 2 aromatic heterocycles. The number of pyridine rings is 1. The summed E-state index contributed by atoms with van der Waals surface area (Å²) in [5, 5.41) is 13.1. The maximum Gasteiger partial charge on any atom is 0.127 e. The van der Waals surface area contributed by atoms with Crippen molar-refractivity contribution in [1.29, 1.82) is 0 Å². The van der Waals surface area contributed by atoms with Gasteiger partial charge in [0, 0.05) is 55.2 Å². The summed E-state index contributed by atoms with van der Waals surface area (Å²) in [6, 6.07) is 48.6. The summed E-state index contributed by atoms with van der Waals surface area (Å²) in [4.78, 5) is 10.4. The molecule has 290 valence electrons. The van der Waals surface area contributed by atoms with Crippen LogP contribution in [0.5, 0.6) is 5.75 Å². The maximum atomic E-state index is 12.1. The SMILES string of the molecule is CC(C)(C)c1ccc(-n2c(-c3[c-]c(-c4cc(-c5ccccc5)cc5cccnc45)ccc3)nc3c(-c4cc(C(C)(C)C)cc(C(C)(C)C)c4O)cccc32)cc1.[Pt]. The number of imidazole rings is 1. The monoisotopic (exact) mass is 927 g/mol. The normalized spacial score (nSPS) is 12.2. The molecular weight excluding hydrogens is 878 g/mol. The Morgan fingerprint density at radius 1 is 0.544 bits per heavy atom. The van der Waals surface area contributed by atoms with E-state index in [-0.39, 0.29) is 37.3 Å². The van der Waals surface area contributed by atoms with Gasteiger partial charge in [-0.3, -0.25) is 9.97 Å². The fourth-order valence-electron chi connectivity index (χ4n) is 7.67. The molecule has 0 radical (unpaired) electrons. The summed E-state index contributed by atoms with van der Waals surface area (Å²) >= 11 is 0. The van der Waals surface area contributed by atoms with Crippen LogP contribution in [0.3, 0.4) is 0 Å². The fraction of sp³-hybridized carbons (Fsp3) is 0.231. The van der Waals surface area contributed by atoms with E-state index in [1.54, 1.807) is 0 Å². The largest absolute Gasteiger partial charge is 0.507 e. The number of aromatic nitrogens is 3. The second kappa shape index (κ2) is 14.9. The molecule has 0 saturated carbocycles. The molecule has 8 rings (SSSR count). The number of aromatic hydroxyl groups is 1. The van der Waals surface area contributed by atoms with Crippen LogP contribution in [0.15, 0.2) is 134 Å². The minimum atomic E-state index is -0.264. The molecule has 0 bridgehead atoms. The van der Waals surface area contributed by atoms with Crippen LogP contribution in [-0.2, 0) is 37.3 Å². The minimum Gasteiger partial charge on any atom is -0.507 e. The van der Waals surface area contributed by atoms with Crippen LogP contribution in [0, 0.1) is 6.07 Å². The average Bonchev–Trinajstić information content (AvgIpc) is 3.57. The number of hydrogen-bond acceptors (Lipinski definition) is 3. The molecule has 0 aliphatic carbocycles. The zero-order valence-corrected chi connectivity index (χ0v) is 36.6. The number of fused-ring (bicyclic) bond motifs is 2. The van der Waals surface area contributed by atoms with Gasteiger partial charge in [0.05, 0.1) is 16.9 Å². The first kappa shape index (κ1) is 39.9. The van der Waals surface area contributed by atoms with Crippen molar-refractivity contribution in [3.8, 4) is 56.2 Å². The molecule has 0 spiro atoms. The van der Waals surface area contributed by atoms with Gasteiger partial charge in [-0.1, -0.05) is 146 Å². The van der Waals surface area contributed by atoms with E-state index >= 15 is 0 Å². The molecule has 2 heterocycles. The molecule has 0 unspecified atom stereocenters. The van der Waals surface area contributed by atoms with Gasteiger partial charge in [-0.25, -0.2) is 0 Å². The second-order valence-corrected chi connectivity index (χ2v) is 18.1. The molecule has 0 aliphatic rings. The molecule has 57 heavy (non-hydrogen) atoms. The summed E-state index contributed by atoms with van der Waals surface area (Å²) in [7, 11) is 0. The molecule has 6 aromatic carbocycles. The molecule has 0 fully saturated rings. The third-order valence-corrected chi connectivity index (χ3v) is 10.9. The topological polar surface area (TPSA) is 50.9 Å². The van der Waals surface area contributed by atoms with Crippen LogP contribution < -0.4 is 0 Å². The number of phenolic OH excluding ortho intramolecular Hbond substituents is 1. The van der Waals surface area contributed by atoms with Crippen molar-refractivity contribution >= 4 is 21.9 Å². The van der Waals surface area contributed by atoms with Crippen molar-refractivity contribution in [3.05, 3.63) is 156 Å². The van der Waals surface area contributed by atoms with Gasteiger partial charge in [0.1, 0.15) is 5.75 Å². The van der Waals surface area contributed by atoms with Crippen molar-refractivity contribution in [1.82, 2.24) is 14.5 Å². The standard InChI is InChI=1S/C52H50N3O.Pt/c1-50(2,3)38-23-25-40(26-24-38)55-45-22-14-21-41(43-31-39(51(4,5)6)32-44(48(43)56)52(7,8)9)47(45)54-49(55)36-19-13-18-34(28-36)42-30-37(33-16-11-10-12-17-33)29-35-20-15-27-53-46(35)42;/h10-27,29-32,56H,1-9H3;/q-1;. The van der Waals surface area contributed by atoms with Gasteiger partial charge in [-0.05, 0) is 80.3 Å². The Kier molecular flexibility index (Phi) is 10.4. The third-order valence-electron chi connectivity index (χ3n) is 10.9. The van der Waals surface area contributed by atoms with Crippen molar-refractivity contribution in [2.45, 2.75) is 78.6 Å².